The normalized spacial score (nSPS) is 10.6. The van der Waals surface area contributed by atoms with E-state index in [9.17, 15) is 10.1 Å². The molecule has 1 aromatic carbocycles. The number of H-pyrrole nitrogens is 1. The SMILES string of the molecule is CCc1cc2cc[nH]c2cc1[N+](=O)[O-]. The van der Waals surface area contributed by atoms with Gasteiger partial charge in [0.05, 0.1) is 10.4 Å². The Balaban J connectivity index is 2.72. The number of aromatic amines is 1. The zero-order chi connectivity index (χ0) is 10.1. The standard InChI is InChI=1S/C10H10N2O2/c1-2-7-5-8-3-4-11-9(8)6-10(7)12(13)14/h3-6,11H,2H2,1H3. The molecule has 2 aromatic rings. The van der Waals surface area contributed by atoms with E-state index in [4.69, 9.17) is 0 Å². The lowest BCUT2D eigenvalue weighted by atomic mass is 10.1. The highest BCUT2D eigenvalue weighted by Crippen LogP contribution is 2.25. The minimum atomic E-state index is -0.334. The molecule has 0 aliphatic carbocycles. The Morgan fingerprint density at radius 3 is 2.93 bits per heavy atom. The molecule has 4 nitrogen and oxygen atoms in total. The topological polar surface area (TPSA) is 58.9 Å². The molecule has 1 heterocycles. The number of hydrogen-bond donors (Lipinski definition) is 1. The molecule has 14 heavy (non-hydrogen) atoms. The summed E-state index contributed by atoms with van der Waals surface area (Å²) in [6.45, 7) is 1.92. The Kier molecular flexibility index (Phi) is 1.96. The monoisotopic (exact) mass is 190 g/mol. The van der Waals surface area contributed by atoms with Crippen LogP contribution in [-0.2, 0) is 6.42 Å². The van der Waals surface area contributed by atoms with Gasteiger partial charge in [0.1, 0.15) is 0 Å². The van der Waals surface area contributed by atoms with Gasteiger partial charge in [-0.3, -0.25) is 10.1 Å². The number of aromatic nitrogens is 1. The molecular weight excluding hydrogens is 180 g/mol. The van der Waals surface area contributed by atoms with Crippen LogP contribution in [0.1, 0.15) is 12.5 Å². The van der Waals surface area contributed by atoms with Crippen molar-refractivity contribution in [1.82, 2.24) is 4.98 Å². The van der Waals surface area contributed by atoms with E-state index in [2.05, 4.69) is 4.98 Å². The average molecular weight is 190 g/mol. The van der Waals surface area contributed by atoms with Crippen LogP contribution in [0.3, 0.4) is 0 Å². The fourth-order valence-corrected chi connectivity index (χ4v) is 1.59. The highest BCUT2D eigenvalue weighted by molar-refractivity contribution is 5.83. The predicted molar refractivity (Wildman–Crippen MR) is 54.3 cm³/mol. The number of aryl methyl sites for hydroxylation is 1. The quantitative estimate of drug-likeness (QED) is 0.584. The van der Waals surface area contributed by atoms with Crippen molar-refractivity contribution in [2.24, 2.45) is 0 Å². The highest BCUT2D eigenvalue weighted by Gasteiger charge is 2.13. The van der Waals surface area contributed by atoms with Crippen molar-refractivity contribution >= 4 is 16.6 Å². The van der Waals surface area contributed by atoms with Gasteiger partial charge in [-0.1, -0.05) is 6.92 Å². The van der Waals surface area contributed by atoms with Gasteiger partial charge in [-0.15, -0.1) is 0 Å². The Morgan fingerprint density at radius 1 is 1.50 bits per heavy atom. The van der Waals surface area contributed by atoms with Crippen LogP contribution in [0.15, 0.2) is 24.4 Å². The predicted octanol–water partition coefficient (Wildman–Crippen LogP) is 2.64. The van der Waals surface area contributed by atoms with Crippen molar-refractivity contribution in [2.75, 3.05) is 0 Å². The van der Waals surface area contributed by atoms with Gasteiger partial charge in [0.25, 0.3) is 5.69 Å². The molecule has 0 spiro atoms. The number of rotatable bonds is 2. The van der Waals surface area contributed by atoms with Crippen LogP contribution in [0.2, 0.25) is 0 Å². The summed E-state index contributed by atoms with van der Waals surface area (Å²) in [6, 6.07) is 5.37. The number of nitro groups is 1. The maximum atomic E-state index is 10.7. The van der Waals surface area contributed by atoms with E-state index in [1.165, 1.54) is 0 Å². The van der Waals surface area contributed by atoms with Gasteiger partial charge in [0, 0.05) is 23.2 Å². The Labute approximate surface area is 80.7 Å². The molecule has 2 rings (SSSR count). The van der Waals surface area contributed by atoms with Crippen molar-refractivity contribution in [2.45, 2.75) is 13.3 Å². The maximum Gasteiger partial charge on any atom is 0.274 e. The molecule has 0 unspecified atom stereocenters. The van der Waals surface area contributed by atoms with E-state index < -0.39 is 0 Å². The lowest BCUT2D eigenvalue weighted by molar-refractivity contribution is -0.385. The molecule has 0 aliphatic heterocycles. The number of hydrogen-bond acceptors (Lipinski definition) is 2. The summed E-state index contributed by atoms with van der Waals surface area (Å²) in [4.78, 5) is 13.4. The van der Waals surface area contributed by atoms with Gasteiger partial charge in [0.15, 0.2) is 0 Å². The van der Waals surface area contributed by atoms with Gasteiger partial charge in [-0.05, 0) is 18.6 Å². The van der Waals surface area contributed by atoms with Crippen LogP contribution in [0.5, 0.6) is 0 Å². The second-order valence-corrected chi connectivity index (χ2v) is 3.16. The number of benzene rings is 1. The van der Waals surface area contributed by atoms with Crippen LogP contribution in [-0.4, -0.2) is 9.91 Å². The molecule has 0 atom stereocenters. The molecule has 72 valence electrons. The summed E-state index contributed by atoms with van der Waals surface area (Å²) >= 11 is 0. The molecule has 4 heteroatoms. The zero-order valence-corrected chi connectivity index (χ0v) is 7.78. The molecule has 0 bridgehead atoms. The van der Waals surface area contributed by atoms with Gasteiger partial charge >= 0.3 is 0 Å². The fraction of sp³-hybridized carbons (Fsp3) is 0.200. The summed E-state index contributed by atoms with van der Waals surface area (Å²) in [5.41, 5.74) is 1.79. The number of nitrogens with one attached hydrogen (secondary N) is 1. The van der Waals surface area contributed by atoms with Crippen molar-refractivity contribution in [3.05, 3.63) is 40.1 Å². The van der Waals surface area contributed by atoms with Crippen LogP contribution < -0.4 is 0 Å². The highest BCUT2D eigenvalue weighted by atomic mass is 16.6. The van der Waals surface area contributed by atoms with Crippen molar-refractivity contribution in [3.63, 3.8) is 0 Å². The van der Waals surface area contributed by atoms with Crippen LogP contribution in [0.4, 0.5) is 5.69 Å². The summed E-state index contributed by atoms with van der Waals surface area (Å²) in [5, 5.41) is 11.8. The molecule has 0 amide bonds. The molecular formula is C10H10N2O2. The first-order valence-electron chi connectivity index (χ1n) is 4.46. The third kappa shape index (κ3) is 1.25. The van der Waals surface area contributed by atoms with E-state index in [1.807, 2.05) is 19.1 Å². The smallest absolute Gasteiger partial charge is 0.274 e. The van der Waals surface area contributed by atoms with E-state index in [-0.39, 0.29) is 10.6 Å². The Morgan fingerprint density at radius 2 is 2.29 bits per heavy atom. The van der Waals surface area contributed by atoms with Crippen molar-refractivity contribution in [1.29, 1.82) is 0 Å². The first kappa shape index (κ1) is 8.74. The minimum Gasteiger partial charge on any atom is -0.361 e. The largest absolute Gasteiger partial charge is 0.361 e. The lowest BCUT2D eigenvalue weighted by Gasteiger charge is -1.99. The van der Waals surface area contributed by atoms with E-state index in [0.717, 1.165) is 16.5 Å². The summed E-state index contributed by atoms with van der Waals surface area (Å²) in [7, 11) is 0. The van der Waals surface area contributed by atoms with E-state index >= 15 is 0 Å². The molecule has 0 saturated heterocycles. The number of fused-ring (bicyclic) bond motifs is 1. The lowest BCUT2D eigenvalue weighted by Crippen LogP contribution is -1.93. The van der Waals surface area contributed by atoms with Gasteiger partial charge < -0.3 is 4.98 Å². The second-order valence-electron chi connectivity index (χ2n) is 3.16. The molecule has 0 aliphatic rings. The van der Waals surface area contributed by atoms with Crippen LogP contribution in [0, 0.1) is 10.1 Å². The molecule has 1 N–H and O–H groups in total. The summed E-state index contributed by atoms with van der Waals surface area (Å²) in [5.74, 6) is 0. The fourth-order valence-electron chi connectivity index (χ4n) is 1.59. The Bertz CT molecular complexity index is 488. The molecule has 1 aromatic heterocycles. The van der Waals surface area contributed by atoms with E-state index in [1.54, 1.807) is 12.3 Å². The first-order chi connectivity index (χ1) is 6.72. The molecule has 0 fully saturated rings. The first-order valence-corrected chi connectivity index (χ1v) is 4.46. The average Bonchev–Trinajstić information content (AvgIpc) is 2.62. The summed E-state index contributed by atoms with van der Waals surface area (Å²) in [6.07, 6.45) is 2.46. The Hall–Kier alpha value is -1.84. The van der Waals surface area contributed by atoms with Crippen molar-refractivity contribution in [3.8, 4) is 0 Å². The van der Waals surface area contributed by atoms with Gasteiger partial charge in [-0.2, -0.15) is 0 Å². The maximum absolute atomic E-state index is 10.7. The van der Waals surface area contributed by atoms with Crippen LogP contribution >= 0.6 is 0 Å². The minimum absolute atomic E-state index is 0.197. The number of nitrogens with zero attached hydrogens (tertiary/aromatic N) is 1. The van der Waals surface area contributed by atoms with Crippen molar-refractivity contribution < 1.29 is 4.92 Å². The van der Waals surface area contributed by atoms with Gasteiger partial charge in [-0.25, -0.2) is 0 Å². The second kappa shape index (κ2) is 3.14. The third-order valence-electron chi connectivity index (χ3n) is 2.33. The zero-order valence-electron chi connectivity index (χ0n) is 7.78. The molecule has 0 saturated carbocycles. The van der Waals surface area contributed by atoms with Crippen LogP contribution in [0.25, 0.3) is 10.9 Å². The third-order valence-corrected chi connectivity index (χ3v) is 2.33. The van der Waals surface area contributed by atoms with E-state index in [0.29, 0.717) is 6.42 Å². The number of nitro benzene ring substituents is 1. The van der Waals surface area contributed by atoms with Gasteiger partial charge in [0.2, 0.25) is 0 Å². The molecule has 0 radical (unpaired) electrons. The summed E-state index contributed by atoms with van der Waals surface area (Å²) < 4.78 is 0.